The van der Waals surface area contributed by atoms with E-state index in [1.165, 1.54) is 22.9 Å². The number of nitrogens with one attached hydrogen (secondary N) is 2. The molecule has 1 aliphatic heterocycles. The van der Waals surface area contributed by atoms with Gasteiger partial charge in [-0.05, 0) is 31.2 Å². The van der Waals surface area contributed by atoms with Crippen molar-refractivity contribution >= 4 is 23.2 Å². The Hall–Kier alpha value is -3.95. The first-order chi connectivity index (χ1) is 14.5. The molecule has 1 aromatic heterocycles. The van der Waals surface area contributed by atoms with E-state index in [-0.39, 0.29) is 23.8 Å². The number of carbonyl (C=O) groups excluding carboxylic acids is 2. The van der Waals surface area contributed by atoms with E-state index in [1.807, 2.05) is 0 Å². The van der Waals surface area contributed by atoms with E-state index in [1.54, 1.807) is 31.2 Å². The maximum absolute atomic E-state index is 13.7. The molecule has 2 N–H and O–H groups in total. The second-order valence-corrected chi connectivity index (χ2v) is 6.52. The van der Waals surface area contributed by atoms with Gasteiger partial charge < -0.3 is 20.1 Å². The molecule has 154 valence electrons. The molecule has 0 saturated heterocycles. The average Bonchev–Trinajstić information content (AvgIpc) is 3.09. The molecule has 0 radical (unpaired) electrons. The van der Waals surface area contributed by atoms with Crippen LogP contribution in [0.15, 0.2) is 42.5 Å². The highest BCUT2D eigenvalue weighted by Crippen LogP contribution is 2.32. The number of nitrogens with zero attached hydrogens (tertiary/aromatic N) is 3. The van der Waals surface area contributed by atoms with E-state index >= 15 is 0 Å². The SMILES string of the molecule is Cc1c(C(=O)Nc2ccccc2F)nnn1CC(=O)Nc1ccc2c(c1)OCCO2. The van der Waals surface area contributed by atoms with Crippen LogP contribution in [0.2, 0.25) is 0 Å². The fraction of sp³-hybridized carbons (Fsp3) is 0.200. The summed E-state index contributed by atoms with van der Waals surface area (Å²) in [5.74, 6) is -0.355. The summed E-state index contributed by atoms with van der Waals surface area (Å²) in [7, 11) is 0. The van der Waals surface area contributed by atoms with Crippen molar-refractivity contribution in [2.75, 3.05) is 23.8 Å². The molecule has 2 heterocycles. The summed E-state index contributed by atoms with van der Waals surface area (Å²) in [6.45, 7) is 2.38. The molecular formula is C20H18FN5O4. The molecule has 9 nitrogen and oxygen atoms in total. The summed E-state index contributed by atoms with van der Waals surface area (Å²) in [6.07, 6.45) is 0. The van der Waals surface area contributed by atoms with Gasteiger partial charge in [0.15, 0.2) is 17.2 Å². The quantitative estimate of drug-likeness (QED) is 0.668. The van der Waals surface area contributed by atoms with E-state index in [4.69, 9.17) is 9.47 Å². The van der Waals surface area contributed by atoms with Gasteiger partial charge in [0.05, 0.1) is 11.4 Å². The Kier molecular flexibility index (Phi) is 5.29. The average molecular weight is 411 g/mol. The van der Waals surface area contributed by atoms with E-state index in [0.29, 0.717) is 36.1 Å². The zero-order valence-electron chi connectivity index (χ0n) is 16.0. The number of amides is 2. The van der Waals surface area contributed by atoms with Crippen LogP contribution >= 0.6 is 0 Å². The van der Waals surface area contributed by atoms with Crippen LogP contribution < -0.4 is 20.1 Å². The molecule has 0 unspecified atom stereocenters. The minimum atomic E-state index is -0.615. The molecule has 2 aromatic carbocycles. The molecule has 0 fully saturated rings. The van der Waals surface area contributed by atoms with Gasteiger partial charge in [-0.15, -0.1) is 5.10 Å². The molecule has 0 atom stereocenters. The molecule has 0 saturated carbocycles. The van der Waals surface area contributed by atoms with Gasteiger partial charge in [-0.2, -0.15) is 0 Å². The molecule has 0 bridgehead atoms. The summed E-state index contributed by atoms with van der Waals surface area (Å²) in [4.78, 5) is 24.8. The largest absolute Gasteiger partial charge is 0.486 e. The molecular weight excluding hydrogens is 393 g/mol. The maximum Gasteiger partial charge on any atom is 0.278 e. The minimum absolute atomic E-state index is 0.00498. The van der Waals surface area contributed by atoms with Gasteiger partial charge in [0.25, 0.3) is 5.91 Å². The van der Waals surface area contributed by atoms with Crippen molar-refractivity contribution < 1.29 is 23.5 Å². The second-order valence-electron chi connectivity index (χ2n) is 6.52. The molecule has 30 heavy (non-hydrogen) atoms. The second kappa shape index (κ2) is 8.19. The number of fused-ring (bicyclic) bond motifs is 1. The van der Waals surface area contributed by atoms with E-state index in [0.717, 1.165) is 0 Å². The Labute approximate surface area is 170 Å². The number of aromatic nitrogens is 3. The predicted molar refractivity (Wildman–Crippen MR) is 105 cm³/mol. The molecule has 4 rings (SSSR count). The van der Waals surface area contributed by atoms with Crippen molar-refractivity contribution in [2.45, 2.75) is 13.5 Å². The topological polar surface area (TPSA) is 107 Å². The monoisotopic (exact) mass is 411 g/mol. The van der Waals surface area contributed by atoms with Crippen LogP contribution in [0.1, 0.15) is 16.2 Å². The number of carbonyl (C=O) groups is 2. The molecule has 3 aromatic rings. The molecule has 0 spiro atoms. The summed E-state index contributed by atoms with van der Waals surface area (Å²) < 4.78 is 26.0. The Morgan fingerprint density at radius 1 is 1.10 bits per heavy atom. The summed E-state index contributed by atoms with van der Waals surface area (Å²) in [5, 5.41) is 12.9. The lowest BCUT2D eigenvalue weighted by atomic mass is 10.2. The standard InChI is InChI=1S/C20H18FN5O4/c1-12-19(20(28)23-15-5-3-2-4-14(15)21)24-25-26(12)11-18(27)22-13-6-7-16-17(10-13)30-9-8-29-16/h2-7,10H,8-9,11H2,1H3,(H,22,27)(H,23,28). The highest BCUT2D eigenvalue weighted by Gasteiger charge is 2.19. The van der Waals surface area contributed by atoms with Gasteiger partial charge in [0.2, 0.25) is 5.91 Å². The smallest absolute Gasteiger partial charge is 0.278 e. The fourth-order valence-electron chi connectivity index (χ4n) is 2.92. The Morgan fingerprint density at radius 2 is 1.87 bits per heavy atom. The van der Waals surface area contributed by atoms with E-state index in [9.17, 15) is 14.0 Å². The molecule has 1 aliphatic rings. The summed E-state index contributed by atoms with van der Waals surface area (Å²) in [5.41, 5.74) is 0.957. The third kappa shape index (κ3) is 4.07. The third-order valence-corrected chi connectivity index (χ3v) is 4.44. The Balaban J connectivity index is 1.42. The van der Waals surface area contributed by atoms with Gasteiger partial charge in [0.1, 0.15) is 25.6 Å². The van der Waals surface area contributed by atoms with Crippen molar-refractivity contribution in [3.05, 3.63) is 59.7 Å². The number of rotatable bonds is 5. The normalized spacial score (nSPS) is 12.3. The molecule has 0 aliphatic carbocycles. The number of para-hydroxylation sites is 1. The number of hydrogen-bond acceptors (Lipinski definition) is 6. The first-order valence-electron chi connectivity index (χ1n) is 9.17. The van der Waals surface area contributed by atoms with Crippen LogP contribution in [0.3, 0.4) is 0 Å². The van der Waals surface area contributed by atoms with Crippen molar-refractivity contribution in [2.24, 2.45) is 0 Å². The zero-order chi connectivity index (χ0) is 21.1. The summed E-state index contributed by atoms with van der Waals surface area (Å²) >= 11 is 0. The number of hydrogen-bond donors (Lipinski definition) is 2. The van der Waals surface area contributed by atoms with Gasteiger partial charge in [-0.25, -0.2) is 9.07 Å². The van der Waals surface area contributed by atoms with Crippen molar-refractivity contribution in [3.8, 4) is 11.5 Å². The number of anilines is 2. The van der Waals surface area contributed by atoms with Crippen LogP contribution in [-0.4, -0.2) is 40.0 Å². The highest BCUT2D eigenvalue weighted by atomic mass is 19.1. The summed E-state index contributed by atoms with van der Waals surface area (Å²) in [6, 6.07) is 10.9. The van der Waals surface area contributed by atoms with Crippen LogP contribution in [0.25, 0.3) is 0 Å². The van der Waals surface area contributed by atoms with Crippen LogP contribution in [0.4, 0.5) is 15.8 Å². The highest BCUT2D eigenvalue weighted by molar-refractivity contribution is 6.03. The van der Waals surface area contributed by atoms with Crippen LogP contribution in [0.5, 0.6) is 11.5 Å². The van der Waals surface area contributed by atoms with E-state index < -0.39 is 11.7 Å². The fourth-order valence-corrected chi connectivity index (χ4v) is 2.92. The Bertz CT molecular complexity index is 1110. The first-order valence-corrected chi connectivity index (χ1v) is 9.17. The predicted octanol–water partition coefficient (Wildman–Crippen LogP) is 2.39. The van der Waals surface area contributed by atoms with Gasteiger partial charge >= 0.3 is 0 Å². The Morgan fingerprint density at radius 3 is 2.67 bits per heavy atom. The lowest BCUT2D eigenvalue weighted by molar-refractivity contribution is -0.117. The van der Waals surface area contributed by atoms with Crippen molar-refractivity contribution in [1.29, 1.82) is 0 Å². The van der Waals surface area contributed by atoms with Crippen LogP contribution in [-0.2, 0) is 11.3 Å². The number of halogens is 1. The van der Waals surface area contributed by atoms with Gasteiger partial charge in [-0.1, -0.05) is 17.3 Å². The lowest BCUT2D eigenvalue weighted by Gasteiger charge is -2.19. The minimum Gasteiger partial charge on any atom is -0.486 e. The van der Waals surface area contributed by atoms with Crippen molar-refractivity contribution in [1.82, 2.24) is 15.0 Å². The van der Waals surface area contributed by atoms with Gasteiger partial charge in [0, 0.05) is 11.8 Å². The molecule has 2 amide bonds. The van der Waals surface area contributed by atoms with Crippen LogP contribution in [0, 0.1) is 12.7 Å². The third-order valence-electron chi connectivity index (χ3n) is 4.44. The maximum atomic E-state index is 13.7. The van der Waals surface area contributed by atoms with Crippen molar-refractivity contribution in [3.63, 3.8) is 0 Å². The zero-order valence-corrected chi connectivity index (χ0v) is 16.0. The number of ether oxygens (including phenoxy) is 2. The lowest BCUT2D eigenvalue weighted by Crippen LogP contribution is -2.21. The first kappa shape index (κ1) is 19.4. The number of benzene rings is 2. The molecule has 10 heteroatoms. The van der Waals surface area contributed by atoms with Gasteiger partial charge in [-0.3, -0.25) is 9.59 Å². The van der Waals surface area contributed by atoms with E-state index in [2.05, 4.69) is 20.9 Å².